The van der Waals surface area contributed by atoms with E-state index >= 15 is 0 Å². The zero-order chi connectivity index (χ0) is 19.2. The number of carbonyl (C=O) groups is 1. The number of amides is 1. The SMILES string of the molecule is Cc1cc(C)cc(OCCNC(=O)CCn2nnc3ccccc3c2=O)c1. The van der Waals surface area contributed by atoms with Gasteiger partial charge in [0.25, 0.3) is 5.56 Å². The minimum absolute atomic E-state index is 0.149. The molecule has 0 bridgehead atoms. The Kier molecular flexibility index (Phi) is 5.80. The van der Waals surface area contributed by atoms with E-state index in [1.165, 1.54) is 4.68 Å². The van der Waals surface area contributed by atoms with Crippen molar-refractivity contribution in [1.29, 1.82) is 0 Å². The standard InChI is InChI=1S/C20H22N4O3/c1-14-11-15(2)13-16(12-14)27-10-8-21-19(25)7-9-24-20(26)17-5-3-4-6-18(17)22-23-24/h3-6,11-13H,7-10H2,1-2H3,(H,21,25). The Bertz CT molecular complexity index is 993. The van der Waals surface area contributed by atoms with Gasteiger partial charge in [0.05, 0.1) is 18.5 Å². The maximum atomic E-state index is 12.3. The molecule has 1 amide bonds. The summed E-state index contributed by atoms with van der Waals surface area (Å²) in [5.74, 6) is 0.626. The summed E-state index contributed by atoms with van der Waals surface area (Å²) in [4.78, 5) is 24.3. The molecule has 7 nitrogen and oxygen atoms in total. The van der Waals surface area contributed by atoms with Crippen molar-refractivity contribution in [1.82, 2.24) is 20.3 Å². The molecule has 0 aliphatic carbocycles. The largest absolute Gasteiger partial charge is 0.492 e. The summed E-state index contributed by atoms with van der Waals surface area (Å²) in [5, 5.41) is 11.2. The fraction of sp³-hybridized carbons (Fsp3) is 0.300. The van der Waals surface area contributed by atoms with Crippen LogP contribution in [0.15, 0.2) is 47.3 Å². The van der Waals surface area contributed by atoms with E-state index in [0.717, 1.165) is 16.9 Å². The van der Waals surface area contributed by atoms with E-state index in [1.807, 2.05) is 26.0 Å². The van der Waals surface area contributed by atoms with Crippen LogP contribution in [0.4, 0.5) is 0 Å². The molecule has 2 aromatic carbocycles. The number of nitrogens with zero attached hydrogens (tertiary/aromatic N) is 3. The molecule has 1 N–H and O–H groups in total. The van der Waals surface area contributed by atoms with Crippen molar-refractivity contribution >= 4 is 16.8 Å². The number of nitrogens with one attached hydrogen (secondary N) is 1. The number of ether oxygens (including phenoxy) is 1. The van der Waals surface area contributed by atoms with Gasteiger partial charge in [0, 0.05) is 6.42 Å². The van der Waals surface area contributed by atoms with Gasteiger partial charge in [-0.25, -0.2) is 4.68 Å². The summed E-state index contributed by atoms with van der Waals surface area (Å²) in [5.41, 5.74) is 2.57. The van der Waals surface area contributed by atoms with Gasteiger partial charge in [-0.1, -0.05) is 23.4 Å². The van der Waals surface area contributed by atoms with Crippen LogP contribution in [0.5, 0.6) is 5.75 Å². The minimum Gasteiger partial charge on any atom is -0.492 e. The van der Waals surface area contributed by atoms with E-state index in [9.17, 15) is 9.59 Å². The highest BCUT2D eigenvalue weighted by Crippen LogP contribution is 2.15. The number of carbonyl (C=O) groups excluding carboxylic acids is 1. The lowest BCUT2D eigenvalue weighted by Crippen LogP contribution is -2.31. The van der Waals surface area contributed by atoms with Crippen molar-refractivity contribution in [3.05, 3.63) is 63.9 Å². The number of aromatic nitrogens is 3. The third-order valence-corrected chi connectivity index (χ3v) is 4.07. The second kappa shape index (κ2) is 8.44. The van der Waals surface area contributed by atoms with Crippen LogP contribution in [0, 0.1) is 13.8 Å². The molecule has 0 radical (unpaired) electrons. The molecule has 0 saturated heterocycles. The van der Waals surface area contributed by atoms with Crippen LogP contribution in [-0.2, 0) is 11.3 Å². The zero-order valence-electron chi connectivity index (χ0n) is 15.4. The van der Waals surface area contributed by atoms with Gasteiger partial charge >= 0.3 is 0 Å². The van der Waals surface area contributed by atoms with Crippen LogP contribution >= 0.6 is 0 Å². The van der Waals surface area contributed by atoms with Gasteiger partial charge in [-0.2, -0.15) is 0 Å². The van der Waals surface area contributed by atoms with Crippen LogP contribution in [0.25, 0.3) is 10.9 Å². The average Bonchev–Trinajstić information content (AvgIpc) is 2.64. The number of benzene rings is 2. The van der Waals surface area contributed by atoms with Crippen molar-refractivity contribution in [2.45, 2.75) is 26.8 Å². The maximum Gasteiger partial charge on any atom is 0.277 e. The molecule has 0 saturated carbocycles. The zero-order valence-corrected chi connectivity index (χ0v) is 15.4. The van der Waals surface area contributed by atoms with Gasteiger partial charge in [0.2, 0.25) is 5.91 Å². The molecule has 7 heteroatoms. The second-order valence-electron chi connectivity index (χ2n) is 6.41. The Balaban J connectivity index is 1.46. The molecule has 0 aliphatic rings. The smallest absolute Gasteiger partial charge is 0.277 e. The Morgan fingerprint density at radius 3 is 2.67 bits per heavy atom. The molecule has 0 spiro atoms. The first kappa shape index (κ1) is 18.6. The van der Waals surface area contributed by atoms with E-state index in [0.29, 0.717) is 24.1 Å². The predicted molar refractivity (Wildman–Crippen MR) is 103 cm³/mol. The van der Waals surface area contributed by atoms with Crippen LogP contribution in [0.1, 0.15) is 17.5 Å². The molecule has 140 valence electrons. The fourth-order valence-electron chi connectivity index (χ4n) is 2.84. The molecule has 0 aliphatic heterocycles. The molecule has 3 aromatic rings. The molecule has 0 unspecified atom stereocenters. The highest BCUT2D eigenvalue weighted by atomic mass is 16.5. The fourth-order valence-corrected chi connectivity index (χ4v) is 2.84. The lowest BCUT2D eigenvalue weighted by atomic mass is 10.1. The summed E-state index contributed by atoms with van der Waals surface area (Å²) in [6.07, 6.45) is 0.149. The first-order chi connectivity index (χ1) is 13.0. The van der Waals surface area contributed by atoms with Gasteiger partial charge in [0.15, 0.2) is 0 Å². The van der Waals surface area contributed by atoms with Gasteiger partial charge in [-0.3, -0.25) is 9.59 Å². The average molecular weight is 366 g/mol. The Hall–Kier alpha value is -3.22. The number of rotatable bonds is 7. The molecular formula is C20H22N4O3. The number of hydrogen-bond acceptors (Lipinski definition) is 5. The summed E-state index contributed by atoms with van der Waals surface area (Å²) in [7, 11) is 0. The quantitative estimate of drug-likeness (QED) is 0.646. The molecule has 0 atom stereocenters. The summed E-state index contributed by atoms with van der Waals surface area (Å²) in [6, 6.07) is 13.0. The van der Waals surface area contributed by atoms with Crippen molar-refractivity contribution in [3.63, 3.8) is 0 Å². The van der Waals surface area contributed by atoms with Crippen LogP contribution in [-0.4, -0.2) is 34.1 Å². The minimum atomic E-state index is -0.244. The van der Waals surface area contributed by atoms with E-state index in [2.05, 4.69) is 21.7 Å². The van der Waals surface area contributed by atoms with Crippen LogP contribution < -0.4 is 15.6 Å². The van der Waals surface area contributed by atoms with E-state index in [-0.39, 0.29) is 24.4 Å². The first-order valence-electron chi connectivity index (χ1n) is 8.83. The summed E-state index contributed by atoms with van der Waals surface area (Å²) < 4.78 is 6.87. The number of hydrogen-bond donors (Lipinski definition) is 1. The maximum absolute atomic E-state index is 12.3. The summed E-state index contributed by atoms with van der Waals surface area (Å²) in [6.45, 7) is 4.98. The Morgan fingerprint density at radius 2 is 1.89 bits per heavy atom. The van der Waals surface area contributed by atoms with E-state index in [4.69, 9.17) is 4.74 Å². The number of aryl methyl sites for hydroxylation is 3. The van der Waals surface area contributed by atoms with Crippen molar-refractivity contribution in [2.75, 3.05) is 13.2 Å². The molecule has 0 fully saturated rings. The summed E-state index contributed by atoms with van der Waals surface area (Å²) >= 11 is 0. The second-order valence-corrected chi connectivity index (χ2v) is 6.41. The highest BCUT2D eigenvalue weighted by molar-refractivity contribution is 5.77. The molecule has 1 aromatic heterocycles. The van der Waals surface area contributed by atoms with Gasteiger partial charge in [-0.15, -0.1) is 5.10 Å². The van der Waals surface area contributed by atoms with Gasteiger partial charge in [0.1, 0.15) is 17.9 Å². The van der Waals surface area contributed by atoms with Crippen molar-refractivity contribution in [2.24, 2.45) is 0 Å². The lowest BCUT2D eigenvalue weighted by molar-refractivity contribution is -0.121. The third kappa shape index (κ3) is 4.91. The van der Waals surface area contributed by atoms with Crippen LogP contribution in [0.3, 0.4) is 0 Å². The highest BCUT2D eigenvalue weighted by Gasteiger charge is 2.07. The third-order valence-electron chi connectivity index (χ3n) is 4.07. The van der Waals surface area contributed by atoms with Crippen molar-refractivity contribution < 1.29 is 9.53 Å². The Morgan fingerprint density at radius 1 is 1.15 bits per heavy atom. The molecule has 27 heavy (non-hydrogen) atoms. The van der Waals surface area contributed by atoms with E-state index in [1.54, 1.807) is 24.3 Å². The molecule has 3 rings (SSSR count). The van der Waals surface area contributed by atoms with Crippen molar-refractivity contribution in [3.8, 4) is 5.75 Å². The Labute approximate surface area is 157 Å². The predicted octanol–water partition coefficient (Wildman–Crippen LogP) is 1.99. The molecule has 1 heterocycles. The van der Waals surface area contributed by atoms with Gasteiger partial charge in [-0.05, 0) is 49.2 Å². The monoisotopic (exact) mass is 366 g/mol. The van der Waals surface area contributed by atoms with Gasteiger partial charge < -0.3 is 10.1 Å². The van der Waals surface area contributed by atoms with E-state index < -0.39 is 0 Å². The lowest BCUT2D eigenvalue weighted by Gasteiger charge is -2.09. The number of fused-ring (bicyclic) bond motifs is 1. The molecular weight excluding hydrogens is 344 g/mol. The first-order valence-corrected chi connectivity index (χ1v) is 8.83. The van der Waals surface area contributed by atoms with Crippen LogP contribution in [0.2, 0.25) is 0 Å². The normalized spacial score (nSPS) is 10.7. The topological polar surface area (TPSA) is 86.1 Å².